The molecule has 1 atom stereocenters. The van der Waals surface area contributed by atoms with E-state index in [9.17, 15) is 4.39 Å². The first-order valence-electron chi connectivity index (χ1n) is 6.74. The highest BCUT2D eigenvalue weighted by Gasteiger charge is 2.13. The first-order chi connectivity index (χ1) is 8.58. The van der Waals surface area contributed by atoms with E-state index in [2.05, 4.69) is 13.8 Å². The lowest BCUT2D eigenvalue weighted by Gasteiger charge is -2.17. The van der Waals surface area contributed by atoms with Gasteiger partial charge in [-0.3, -0.25) is 0 Å². The number of hydrogen-bond donors (Lipinski definition) is 1. The van der Waals surface area contributed by atoms with Gasteiger partial charge in [0.15, 0.2) is 11.6 Å². The van der Waals surface area contributed by atoms with E-state index in [1.165, 1.54) is 6.07 Å². The molecule has 0 spiro atoms. The molecule has 1 aromatic rings. The van der Waals surface area contributed by atoms with Crippen molar-refractivity contribution in [2.75, 3.05) is 6.61 Å². The standard InChI is InChI=1S/C15H24FNO/c1-4-12(5-2)10-18-15-13(9-11(3)17)7-6-8-14(15)16/h6-8,11-12H,4-5,9-10,17H2,1-3H3. The minimum absolute atomic E-state index is 0.00213. The van der Waals surface area contributed by atoms with E-state index >= 15 is 0 Å². The van der Waals surface area contributed by atoms with Crippen LogP contribution in [-0.2, 0) is 6.42 Å². The Hall–Kier alpha value is -1.09. The van der Waals surface area contributed by atoms with Crippen molar-refractivity contribution in [3.63, 3.8) is 0 Å². The van der Waals surface area contributed by atoms with Crippen molar-refractivity contribution in [3.05, 3.63) is 29.6 Å². The predicted octanol–water partition coefficient (Wildman–Crippen LogP) is 3.53. The van der Waals surface area contributed by atoms with Crippen molar-refractivity contribution in [2.24, 2.45) is 11.7 Å². The van der Waals surface area contributed by atoms with Gasteiger partial charge in [-0.2, -0.15) is 0 Å². The van der Waals surface area contributed by atoms with Crippen molar-refractivity contribution in [1.82, 2.24) is 0 Å². The summed E-state index contributed by atoms with van der Waals surface area (Å²) in [6.07, 6.45) is 2.73. The zero-order valence-electron chi connectivity index (χ0n) is 11.6. The molecule has 0 aliphatic heterocycles. The van der Waals surface area contributed by atoms with Crippen LogP contribution in [0.1, 0.15) is 39.2 Å². The summed E-state index contributed by atoms with van der Waals surface area (Å²) >= 11 is 0. The van der Waals surface area contributed by atoms with Crippen LogP contribution in [0.4, 0.5) is 4.39 Å². The molecule has 0 aliphatic rings. The number of para-hydroxylation sites is 1. The Morgan fingerprint density at radius 3 is 2.50 bits per heavy atom. The second kappa shape index (κ2) is 7.37. The fourth-order valence-electron chi connectivity index (χ4n) is 1.95. The molecular formula is C15H24FNO. The van der Waals surface area contributed by atoms with Crippen molar-refractivity contribution in [2.45, 2.75) is 46.1 Å². The predicted molar refractivity (Wildman–Crippen MR) is 73.3 cm³/mol. The Kier molecular flexibility index (Phi) is 6.13. The molecule has 2 N–H and O–H groups in total. The van der Waals surface area contributed by atoms with Gasteiger partial charge >= 0.3 is 0 Å². The Morgan fingerprint density at radius 1 is 1.28 bits per heavy atom. The molecule has 102 valence electrons. The highest BCUT2D eigenvalue weighted by Crippen LogP contribution is 2.25. The monoisotopic (exact) mass is 253 g/mol. The summed E-state index contributed by atoms with van der Waals surface area (Å²) in [7, 11) is 0. The molecule has 3 heteroatoms. The molecular weight excluding hydrogens is 229 g/mol. The molecule has 2 nitrogen and oxygen atoms in total. The third-order valence-corrected chi connectivity index (χ3v) is 3.21. The Labute approximate surface area is 109 Å². The minimum atomic E-state index is -0.292. The topological polar surface area (TPSA) is 35.2 Å². The van der Waals surface area contributed by atoms with Crippen LogP contribution < -0.4 is 10.5 Å². The van der Waals surface area contributed by atoms with Gasteiger partial charge in [-0.1, -0.05) is 38.8 Å². The molecule has 0 saturated heterocycles. The van der Waals surface area contributed by atoms with E-state index in [1.807, 2.05) is 13.0 Å². The number of hydrogen-bond acceptors (Lipinski definition) is 2. The van der Waals surface area contributed by atoms with Gasteiger partial charge < -0.3 is 10.5 Å². The van der Waals surface area contributed by atoms with Gasteiger partial charge in [0.25, 0.3) is 0 Å². The fraction of sp³-hybridized carbons (Fsp3) is 0.600. The number of halogens is 1. The van der Waals surface area contributed by atoms with E-state index < -0.39 is 0 Å². The molecule has 0 radical (unpaired) electrons. The van der Waals surface area contributed by atoms with E-state index in [0.29, 0.717) is 24.7 Å². The zero-order valence-corrected chi connectivity index (χ0v) is 11.6. The van der Waals surface area contributed by atoms with Crippen LogP contribution in [0, 0.1) is 11.7 Å². The second-order valence-corrected chi connectivity index (χ2v) is 4.90. The lowest BCUT2D eigenvalue weighted by Crippen LogP contribution is -2.19. The Balaban J connectivity index is 2.79. The van der Waals surface area contributed by atoms with Gasteiger partial charge in [-0.15, -0.1) is 0 Å². The van der Waals surface area contributed by atoms with Crippen molar-refractivity contribution in [1.29, 1.82) is 0 Å². The largest absolute Gasteiger partial charge is 0.490 e. The van der Waals surface area contributed by atoms with Crippen molar-refractivity contribution >= 4 is 0 Å². The van der Waals surface area contributed by atoms with E-state index in [-0.39, 0.29) is 11.9 Å². The maximum absolute atomic E-state index is 13.8. The molecule has 1 unspecified atom stereocenters. The quantitative estimate of drug-likeness (QED) is 0.806. The molecule has 0 bridgehead atoms. The lowest BCUT2D eigenvalue weighted by molar-refractivity contribution is 0.229. The van der Waals surface area contributed by atoms with Crippen LogP contribution in [0.25, 0.3) is 0 Å². The van der Waals surface area contributed by atoms with Crippen LogP contribution in [0.5, 0.6) is 5.75 Å². The first kappa shape index (κ1) is 15.0. The van der Waals surface area contributed by atoms with Gasteiger partial charge in [0.1, 0.15) is 0 Å². The highest BCUT2D eigenvalue weighted by molar-refractivity contribution is 5.35. The first-order valence-corrected chi connectivity index (χ1v) is 6.74. The summed E-state index contributed by atoms with van der Waals surface area (Å²) in [6.45, 7) is 6.74. The molecule has 0 aromatic heterocycles. The van der Waals surface area contributed by atoms with Crippen molar-refractivity contribution < 1.29 is 9.13 Å². The number of rotatable bonds is 7. The number of ether oxygens (including phenoxy) is 1. The molecule has 0 aliphatic carbocycles. The second-order valence-electron chi connectivity index (χ2n) is 4.90. The summed E-state index contributed by atoms with van der Waals surface area (Å²) in [6, 6.07) is 5.03. The van der Waals surface area contributed by atoms with Gasteiger partial charge in [0, 0.05) is 6.04 Å². The smallest absolute Gasteiger partial charge is 0.165 e. The van der Waals surface area contributed by atoms with Gasteiger partial charge in [-0.05, 0) is 30.9 Å². The van der Waals surface area contributed by atoms with Crippen molar-refractivity contribution in [3.8, 4) is 5.75 Å². The SMILES string of the molecule is CCC(CC)COc1c(F)cccc1CC(C)N. The molecule has 18 heavy (non-hydrogen) atoms. The highest BCUT2D eigenvalue weighted by atomic mass is 19.1. The minimum Gasteiger partial charge on any atom is -0.490 e. The maximum atomic E-state index is 13.8. The zero-order chi connectivity index (χ0) is 13.5. The number of nitrogens with two attached hydrogens (primary N) is 1. The summed E-state index contributed by atoms with van der Waals surface area (Å²) < 4.78 is 19.5. The normalized spacial score (nSPS) is 12.8. The number of benzene rings is 1. The third kappa shape index (κ3) is 4.30. The molecule has 0 heterocycles. The van der Waals surface area contributed by atoms with Crippen LogP contribution in [0.3, 0.4) is 0 Å². The average Bonchev–Trinajstić information content (AvgIpc) is 2.32. The van der Waals surface area contributed by atoms with E-state index in [4.69, 9.17) is 10.5 Å². The third-order valence-electron chi connectivity index (χ3n) is 3.21. The average molecular weight is 253 g/mol. The molecule has 0 saturated carbocycles. The van der Waals surface area contributed by atoms with Crippen LogP contribution in [-0.4, -0.2) is 12.6 Å². The van der Waals surface area contributed by atoms with Crippen LogP contribution in [0.2, 0.25) is 0 Å². The summed E-state index contributed by atoms with van der Waals surface area (Å²) in [5.41, 5.74) is 6.63. The molecule has 0 fully saturated rings. The lowest BCUT2D eigenvalue weighted by atomic mass is 10.0. The Bertz CT molecular complexity index is 362. The van der Waals surface area contributed by atoms with Gasteiger partial charge in [0.2, 0.25) is 0 Å². The van der Waals surface area contributed by atoms with Gasteiger partial charge in [-0.25, -0.2) is 4.39 Å². The molecule has 1 rings (SSSR count). The van der Waals surface area contributed by atoms with E-state index in [0.717, 1.165) is 18.4 Å². The fourth-order valence-corrected chi connectivity index (χ4v) is 1.95. The molecule has 0 amide bonds. The van der Waals surface area contributed by atoms with E-state index in [1.54, 1.807) is 6.07 Å². The Morgan fingerprint density at radius 2 is 1.94 bits per heavy atom. The van der Waals surface area contributed by atoms with Crippen LogP contribution >= 0.6 is 0 Å². The summed E-state index contributed by atoms with van der Waals surface area (Å²) in [5.74, 6) is 0.563. The maximum Gasteiger partial charge on any atom is 0.165 e. The van der Waals surface area contributed by atoms with Crippen LogP contribution in [0.15, 0.2) is 18.2 Å². The molecule has 1 aromatic carbocycles. The van der Waals surface area contributed by atoms with Gasteiger partial charge in [0.05, 0.1) is 6.61 Å². The summed E-state index contributed by atoms with van der Waals surface area (Å²) in [4.78, 5) is 0. The summed E-state index contributed by atoms with van der Waals surface area (Å²) in [5, 5.41) is 0.